The number of anilines is 2. The van der Waals surface area contributed by atoms with Gasteiger partial charge in [0.15, 0.2) is 6.61 Å². The molecule has 158 valence electrons. The van der Waals surface area contributed by atoms with Crippen molar-refractivity contribution in [3.05, 3.63) is 59.7 Å². The van der Waals surface area contributed by atoms with E-state index in [-0.39, 0.29) is 5.91 Å². The Bertz CT molecular complexity index is 950. The number of amides is 2. The fraction of sp³-hybridized carbons (Fsp3) is 0.227. The van der Waals surface area contributed by atoms with E-state index in [0.717, 1.165) is 5.57 Å². The van der Waals surface area contributed by atoms with Crippen LogP contribution < -0.4 is 20.1 Å². The van der Waals surface area contributed by atoms with Crippen molar-refractivity contribution >= 4 is 29.2 Å². The van der Waals surface area contributed by atoms with Crippen LogP contribution in [0.15, 0.2) is 54.1 Å². The number of benzene rings is 2. The summed E-state index contributed by atoms with van der Waals surface area (Å²) in [5.74, 6) is -0.862. The number of carbonyl (C=O) groups is 3. The Morgan fingerprint density at radius 1 is 0.900 bits per heavy atom. The molecular weight excluding hydrogens is 388 g/mol. The molecule has 30 heavy (non-hydrogen) atoms. The van der Waals surface area contributed by atoms with E-state index in [0.29, 0.717) is 28.4 Å². The van der Waals surface area contributed by atoms with Crippen LogP contribution >= 0.6 is 0 Å². The molecule has 0 aromatic heterocycles. The molecule has 0 radical (unpaired) electrons. The zero-order valence-corrected chi connectivity index (χ0v) is 17.3. The SMILES string of the molecule is COc1cc(NC(=O)c2ccccc2)c(OC)cc1NC(=O)COC(=O)C=C(C)C. The van der Waals surface area contributed by atoms with Gasteiger partial charge >= 0.3 is 5.97 Å². The number of hydrogen-bond acceptors (Lipinski definition) is 6. The lowest BCUT2D eigenvalue weighted by atomic mass is 10.2. The molecular formula is C22H24N2O6. The molecule has 0 bridgehead atoms. The molecule has 0 saturated heterocycles. The van der Waals surface area contributed by atoms with Crippen LogP contribution in [0.25, 0.3) is 0 Å². The Balaban J connectivity index is 2.15. The van der Waals surface area contributed by atoms with Gasteiger partial charge in [-0.3, -0.25) is 9.59 Å². The molecule has 0 spiro atoms. The Morgan fingerprint density at radius 2 is 1.47 bits per heavy atom. The van der Waals surface area contributed by atoms with Gasteiger partial charge in [0.1, 0.15) is 11.5 Å². The number of rotatable bonds is 8. The molecule has 0 heterocycles. The van der Waals surface area contributed by atoms with Crippen LogP contribution in [0.2, 0.25) is 0 Å². The van der Waals surface area contributed by atoms with Gasteiger partial charge in [0.2, 0.25) is 0 Å². The van der Waals surface area contributed by atoms with Crippen LogP contribution in [0.1, 0.15) is 24.2 Å². The van der Waals surface area contributed by atoms with Gasteiger partial charge < -0.3 is 24.8 Å². The summed E-state index contributed by atoms with van der Waals surface area (Å²) in [7, 11) is 2.86. The fourth-order valence-electron chi connectivity index (χ4n) is 2.48. The summed E-state index contributed by atoms with van der Waals surface area (Å²) >= 11 is 0. The Hall–Kier alpha value is -3.81. The zero-order valence-electron chi connectivity index (χ0n) is 17.3. The van der Waals surface area contributed by atoms with E-state index < -0.39 is 18.5 Å². The van der Waals surface area contributed by atoms with Crippen LogP contribution in [-0.2, 0) is 14.3 Å². The molecule has 8 nitrogen and oxygen atoms in total. The number of allylic oxidation sites excluding steroid dienone is 1. The van der Waals surface area contributed by atoms with Crippen molar-refractivity contribution in [3.63, 3.8) is 0 Å². The first-order valence-electron chi connectivity index (χ1n) is 9.08. The first-order valence-corrected chi connectivity index (χ1v) is 9.08. The van der Waals surface area contributed by atoms with Crippen LogP contribution in [0.4, 0.5) is 11.4 Å². The van der Waals surface area contributed by atoms with Crippen LogP contribution in [0.3, 0.4) is 0 Å². The number of esters is 1. The highest BCUT2D eigenvalue weighted by Crippen LogP contribution is 2.36. The van der Waals surface area contributed by atoms with E-state index in [1.54, 1.807) is 38.1 Å². The molecule has 0 saturated carbocycles. The maximum absolute atomic E-state index is 12.4. The van der Waals surface area contributed by atoms with Crippen molar-refractivity contribution in [2.24, 2.45) is 0 Å². The number of ether oxygens (including phenoxy) is 3. The number of methoxy groups -OCH3 is 2. The first kappa shape index (κ1) is 22.5. The smallest absolute Gasteiger partial charge is 0.331 e. The second-order valence-electron chi connectivity index (χ2n) is 6.45. The monoisotopic (exact) mass is 412 g/mol. The maximum Gasteiger partial charge on any atom is 0.331 e. The third-order valence-corrected chi connectivity index (χ3v) is 3.83. The standard InChI is InChI=1S/C22H24N2O6/c1-14(2)10-21(26)30-13-20(25)23-16-11-19(29-4)17(12-18(16)28-3)24-22(27)15-8-6-5-7-9-15/h5-12H,13H2,1-4H3,(H,23,25)(H,24,27). The highest BCUT2D eigenvalue weighted by molar-refractivity contribution is 6.05. The summed E-state index contributed by atoms with van der Waals surface area (Å²) in [5.41, 5.74) is 1.92. The Morgan fingerprint density at radius 3 is 2.00 bits per heavy atom. The number of hydrogen-bond donors (Lipinski definition) is 2. The molecule has 8 heteroatoms. The van der Waals surface area contributed by atoms with Crippen molar-refractivity contribution in [2.45, 2.75) is 13.8 Å². The van der Waals surface area contributed by atoms with Gasteiger partial charge in [0.25, 0.3) is 11.8 Å². The maximum atomic E-state index is 12.4. The van der Waals surface area contributed by atoms with Crippen LogP contribution in [-0.4, -0.2) is 38.6 Å². The molecule has 2 rings (SSSR count). The summed E-state index contributed by atoms with van der Waals surface area (Å²) < 4.78 is 15.5. The molecule has 0 aliphatic rings. The minimum Gasteiger partial charge on any atom is -0.494 e. The minimum absolute atomic E-state index is 0.295. The second-order valence-corrected chi connectivity index (χ2v) is 6.45. The largest absolute Gasteiger partial charge is 0.494 e. The third-order valence-electron chi connectivity index (χ3n) is 3.83. The molecule has 0 aliphatic carbocycles. The topological polar surface area (TPSA) is 103 Å². The van der Waals surface area contributed by atoms with Crippen molar-refractivity contribution in [3.8, 4) is 11.5 Å². The summed E-state index contributed by atoms with van der Waals surface area (Å²) in [6, 6.07) is 11.7. The average Bonchev–Trinajstić information content (AvgIpc) is 2.73. The molecule has 0 atom stereocenters. The van der Waals surface area contributed by atoms with Crippen LogP contribution in [0, 0.1) is 0 Å². The van der Waals surface area contributed by atoms with Crippen LogP contribution in [0.5, 0.6) is 11.5 Å². The normalized spacial score (nSPS) is 9.87. The van der Waals surface area contributed by atoms with E-state index in [4.69, 9.17) is 14.2 Å². The summed E-state index contributed by atoms with van der Waals surface area (Å²) in [5, 5.41) is 5.36. The van der Waals surface area contributed by atoms with E-state index in [2.05, 4.69) is 10.6 Å². The van der Waals surface area contributed by atoms with Gasteiger partial charge in [-0.05, 0) is 26.0 Å². The van der Waals surface area contributed by atoms with Gasteiger partial charge in [-0.25, -0.2) is 4.79 Å². The number of nitrogens with one attached hydrogen (secondary N) is 2. The Kier molecular flexibility index (Phi) is 7.99. The molecule has 2 N–H and O–H groups in total. The first-order chi connectivity index (χ1) is 14.3. The number of carbonyl (C=O) groups excluding carboxylic acids is 3. The highest BCUT2D eigenvalue weighted by Gasteiger charge is 2.16. The van der Waals surface area contributed by atoms with E-state index in [1.807, 2.05) is 6.07 Å². The van der Waals surface area contributed by atoms with E-state index in [9.17, 15) is 14.4 Å². The van der Waals surface area contributed by atoms with Gasteiger partial charge in [0.05, 0.1) is 25.6 Å². The Labute approximate surface area is 174 Å². The van der Waals surface area contributed by atoms with Gasteiger partial charge in [-0.15, -0.1) is 0 Å². The molecule has 0 aliphatic heterocycles. The molecule has 2 aromatic carbocycles. The summed E-state index contributed by atoms with van der Waals surface area (Å²) in [6.07, 6.45) is 1.29. The lowest BCUT2D eigenvalue weighted by molar-refractivity contribution is -0.142. The van der Waals surface area contributed by atoms with Crippen molar-refractivity contribution in [2.75, 3.05) is 31.5 Å². The summed E-state index contributed by atoms with van der Waals surface area (Å²) in [4.78, 5) is 36.1. The molecule has 0 unspecified atom stereocenters. The summed E-state index contributed by atoms with van der Waals surface area (Å²) in [6.45, 7) is 3.04. The zero-order chi connectivity index (χ0) is 22.1. The average molecular weight is 412 g/mol. The molecule has 2 aromatic rings. The van der Waals surface area contributed by atoms with Crippen molar-refractivity contribution < 1.29 is 28.6 Å². The lowest BCUT2D eigenvalue weighted by Gasteiger charge is -2.16. The van der Waals surface area contributed by atoms with Gasteiger partial charge in [0, 0.05) is 23.8 Å². The third kappa shape index (κ3) is 6.37. The second kappa shape index (κ2) is 10.7. The minimum atomic E-state index is -0.603. The molecule has 0 fully saturated rings. The van der Waals surface area contributed by atoms with E-state index in [1.165, 1.54) is 32.4 Å². The predicted molar refractivity (Wildman–Crippen MR) is 113 cm³/mol. The van der Waals surface area contributed by atoms with E-state index >= 15 is 0 Å². The van der Waals surface area contributed by atoms with Gasteiger partial charge in [-0.2, -0.15) is 0 Å². The van der Waals surface area contributed by atoms with Crippen molar-refractivity contribution in [1.82, 2.24) is 0 Å². The fourth-order valence-corrected chi connectivity index (χ4v) is 2.48. The quantitative estimate of drug-likeness (QED) is 0.509. The van der Waals surface area contributed by atoms with Crippen molar-refractivity contribution in [1.29, 1.82) is 0 Å². The predicted octanol–water partition coefficient (Wildman–Crippen LogP) is 3.40. The van der Waals surface area contributed by atoms with Gasteiger partial charge in [-0.1, -0.05) is 23.8 Å². The lowest BCUT2D eigenvalue weighted by Crippen LogP contribution is -2.21. The highest BCUT2D eigenvalue weighted by atomic mass is 16.5. The molecule has 2 amide bonds.